The molecule has 0 aliphatic carbocycles. The number of nitrogens with zero attached hydrogens (tertiary/aromatic N) is 1. The minimum atomic E-state index is -0.311. The lowest BCUT2D eigenvalue weighted by atomic mass is 10.3. The predicted octanol–water partition coefficient (Wildman–Crippen LogP) is 0.850. The molecule has 0 unspecified atom stereocenters. The molecule has 0 spiro atoms. The highest BCUT2D eigenvalue weighted by molar-refractivity contribution is 5.88. The lowest BCUT2D eigenvalue weighted by molar-refractivity contribution is 0.0588. The molecule has 0 aromatic carbocycles. The molecule has 0 bridgehead atoms. The Morgan fingerprint density at radius 2 is 2.21 bits per heavy atom. The van der Waals surface area contributed by atoms with Crippen LogP contribution >= 0.6 is 0 Å². The minimum absolute atomic E-state index is 0.311. The van der Waals surface area contributed by atoms with Crippen molar-refractivity contribution in [3.8, 4) is 0 Å². The third-order valence-corrected chi connectivity index (χ3v) is 2.37. The first-order chi connectivity index (χ1) is 6.61. The van der Waals surface area contributed by atoms with Crippen LogP contribution in [0, 0.1) is 13.8 Å². The second-order valence-electron chi connectivity index (χ2n) is 3.23. The summed E-state index contributed by atoms with van der Waals surface area (Å²) >= 11 is 0. The fraction of sp³-hybridized carbons (Fsp3) is 0.500. The fourth-order valence-corrected chi connectivity index (χ4v) is 1.47. The van der Waals surface area contributed by atoms with Gasteiger partial charge in [-0.3, -0.25) is 0 Å². The van der Waals surface area contributed by atoms with Crippen molar-refractivity contribution in [2.24, 2.45) is 5.73 Å². The van der Waals surface area contributed by atoms with Gasteiger partial charge in [-0.05, 0) is 25.5 Å². The third-order valence-electron chi connectivity index (χ3n) is 2.37. The van der Waals surface area contributed by atoms with E-state index in [1.54, 1.807) is 0 Å². The normalized spacial score (nSPS) is 10.3. The summed E-state index contributed by atoms with van der Waals surface area (Å²) in [6.07, 6.45) is 0. The van der Waals surface area contributed by atoms with Gasteiger partial charge in [0, 0.05) is 18.8 Å². The van der Waals surface area contributed by atoms with E-state index in [0.717, 1.165) is 11.3 Å². The number of nitrogens with two attached hydrogens (primary N) is 1. The van der Waals surface area contributed by atoms with Crippen molar-refractivity contribution in [1.82, 2.24) is 4.57 Å². The molecule has 78 valence electrons. The standard InChI is InChI=1S/C10H16N2O2/c1-7-6-9(10(13)14-3)12(5-4-11)8(7)2/h6H,4-5,11H2,1-3H3. The van der Waals surface area contributed by atoms with Crippen molar-refractivity contribution in [3.05, 3.63) is 23.0 Å². The molecule has 0 aliphatic rings. The van der Waals surface area contributed by atoms with Crippen LogP contribution < -0.4 is 5.73 Å². The number of aryl methyl sites for hydroxylation is 1. The molecular weight excluding hydrogens is 180 g/mol. The molecule has 1 aromatic heterocycles. The first kappa shape index (κ1) is 10.8. The average Bonchev–Trinajstić information content (AvgIpc) is 2.45. The van der Waals surface area contributed by atoms with Gasteiger partial charge < -0.3 is 15.0 Å². The molecule has 1 heterocycles. The van der Waals surface area contributed by atoms with Crippen molar-refractivity contribution in [3.63, 3.8) is 0 Å². The van der Waals surface area contributed by atoms with Crippen molar-refractivity contribution in [2.75, 3.05) is 13.7 Å². The van der Waals surface area contributed by atoms with E-state index in [9.17, 15) is 4.79 Å². The molecule has 0 atom stereocenters. The molecule has 0 fully saturated rings. The number of hydrogen-bond donors (Lipinski definition) is 1. The Balaban J connectivity index is 3.14. The lowest BCUT2D eigenvalue weighted by Gasteiger charge is -2.08. The van der Waals surface area contributed by atoms with E-state index < -0.39 is 0 Å². The van der Waals surface area contributed by atoms with Crippen LogP contribution in [0.4, 0.5) is 0 Å². The van der Waals surface area contributed by atoms with Crippen LogP contribution in [0.25, 0.3) is 0 Å². The van der Waals surface area contributed by atoms with E-state index in [2.05, 4.69) is 0 Å². The summed E-state index contributed by atoms with van der Waals surface area (Å²) in [6, 6.07) is 1.83. The molecule has 4 heteroatoms. The monoisotopic (exact) mass is 196 g/mol. The number of rotatable bonds is 3. The topological polar surface area (TPSA) is 57.2 Å². The molecule has 1 rings (SSSR count). The van der Waals surface area contributed by atoms with Gasteiger partial charge in [0.2, 0.25) is 0 Å². The van der Waals surface area contributed by atoms with Gasteiger partial charge in [0.05, 0.1) is 7.11 Å². The van der Waals surface area contributed by atoms with E-state index in [4.69, 9.17) is 10.5 Å². The Morgan fingerprint density at radius 1 is 1.57 bits per heavy atom. The first-order valence-corrected chi connectivity index (χ1v) is 4.57. The summed E-state index contributed by atoms with van der Waals surface area (Å²) in [5.41, 5.74) is 8.20. The third kappa shape index (κ3) is 1.80. The number of aromatic nitrogens is 1. The Bertz CT molecular complexity index is 342. The largest absolute Gasteiger partial charge is 0.464 e. The molecule has 0 saturated carbocycles. The van der Waals surface area contributed by atoms with Crippen LogP contribution in [0.5, 0.6) is 0 Å². The summed E-state index contributed by atoms with van der Waals surface area (Å²) < 4.78 is 6.58. The maximum atomic E-state index is 11.4. The van der Waals surface area contributed by atoms with Crippen molar-refractivity contribution < 1.29 is 9.53 Å². The summed E-state index contributed by atoms with van der Waals surface area (Å²) in [5, 5.41) is 0. The number of carbonyl (C=O) groups is 1. The highest BCUT2D eigenvalue weighted by atomic mass is 16.5. The summed E-state index contributed by atoms with van der Waals surface area (Å²) in [5.74, 6) is -0.311. The van der Waals surface area contributed by atoms with Gasteiger partial charge in [-0.2, -0.15) is 0 Å². The highest BCUT2D eigenvalue weighted by Crippen LogP contribution is 2.14. The van der Waals surface area contributed by atoms with Crippen LogP contribution in [-0.4, -0.2) is 24.2 Å². The zero-order valence-corrected chi connectivity index (χ0v) is 8.83. The molecule has 0 amide bonds. The second-order valence-corrected chi connectivity index (χ2v) is 3.23. The summed E-state index contributed by atoms with van der Waals surface area (Å²) in [4.78, 5) is 11.4. The van der Waals surface area contributed by atoms with Gasteiger partial charge in [-0.15, -0.1) is 0 Å². The lowest BCUT2D eigenvalue weighted by Crippen LogP contribution is -2.17. The summed E-state index contributed by atoms with van der Waals surface area (Å²) in [7, 11) is 1.38. The van der Waals surface area contributed by atoms with Crippen LogP contribution in [-0.2, 0) is 11.3 Å². The van der Waals surface area contributed by atoms with Crippen LogP contribution in [0.2, 0.25) is 0 Å². The average molecular weight is 196 g/mol. The summed E-state index contributed by atoms with van der Waals surface area (Å²) in [6.45, 7) is 5.09. The predicted molar refractivity (Wildman–Crippen MR) is 54.3 cm³/mol. The van der Waals surface area contributed by atoms with Crippen molar-refractivity contribution >= 4 is 5.97 Å². The second kappa shape index (κ2) is 4.28. The Hall–Kier alpha value is -1.29. The van der Waals surface area contributed by atoms with Gasteiger partial charge in [0.25, 0.3) is 0 Å². The van der Waals surface area contributed by atoms with Crippen LogP contribution in [0.3, 0.4) is 0 Å². The van der Waals surface area contributed by atoms with E-state index in [1.165, 1.54) is 7.11 Å². The number of esters is 1. The maximum Gasteiger partial charge on any atom is 0.354 e. The van der Waals surface area contributed by atoms with Gasteiger partial charge in [0.15, 0.2) is 0 Å². The Kier molecular flexibility index (Phi) is 3.30. The minimum Gasteiger partial charge on any atom is -0.464 e. The van der Waals surface area contributed by atoms with Crippen LogP contribution in [0.15, 0.2) is 6.07 Å². The Labute approximate surface area is 83.7 Å². The van der Waals surface area contributed by atoms with E-state index in [1.807, 2.05) is 24.5 Å². The zero-order chi connectivity index (χ0) is 10.7. The van der Waals surface area contributed by atoms with E-state index in [-0.39, 0.29) is 5.97 Å². The van der Waals surface area contributed by atoms with Gasteiger partial charge in [-0.1, -0.05) is 0 Å². The Morgan fingerprint density at radius 3 is 2.71 bits per heavy atom. The van der Waals surface area contributed by atoms with Crippen LogP contribution in [0.1, 0.15) is 21.7 Å². The van der Waals surface area contributed by atoms with E-state index in [0.29, 0.717) is 18.8 Å². The number of carbonyl (C=O) groups excluding carboxylic acids is 1. The smallest absolute Gasteiger partial charge is 0.354 e. The van der Waals surface area contributed by atoms with Crippen molar-refractivity contribution in [2.45, 2.75) is 20.4 Å². The molecule has 0 aliphatic heterocycles. The zero-order valence-electron chi connectivity index (χ0n) is 8.83. The molecule has 0 radical (unpaired) electrons. The SMILES string of the molecule is COC(=O)c1cc(C)c(C)n1CCN. The van der Waals surface area contributed by atoms with Crippen molar-refractivity contribution in [1.29, 1.82) is 0 Å². The molecule has 4 nitrogen and oxygen atoms in total. The number of ether oxygens (including phenoxy) is 1. The maximum absolute atomic E-state index is 11.4. The van der Waals surface area contributed by atoms with E-state index >= 15 is 0 Å². The molecule has 0 saturated heterocycles. The quantitative estimate of drug-likeness (QED) is 0.729. The molecule has 14 heavy (non-hydrogen) atoms. The number of hydrogen-bond acceptors (Lipinski definition) is 3. The molecule has 1 aromatic rings. The number of methoxy groups -OCH3 is 1. The van der Waals surface area contributed by atoms with Gasteiger partial charge >= 0.3 is 5.97 Å². The first-order valence-electron chi connectivity index (χ1n) is 4.57. The van der Waals surface area contributed by atoms with Gasteiger partial charge in [-0.25, -0.2) is 4.79 Å². The fourth-order valence-electron chi connectivity index (χ4n) is 1.47. The molecule has 2 N–H and O–H groups in total. The molecular formula is C10H16N2O2. The van der Waals surface area contributed by atoms with Gasteiger partial charge in [0.1, 0.15) is 5.69 Å². The highest BCUT2D eigenvalue weighted by Gasteiger charge is 2.15.